The second kappa shape index (κ2) is 3.30. The number of aromatic nitrogens is 1. The van der Waals surface area contributed by atoms with Crippen LogP contribution < -0.4 is 0 Å². The van der Waals surface area contributed by atoms with Crippen molar-refractivity contribution in [2.45, 2.75) is 17.0 Å². The maximum absolute atomic E-state index is 11.7. The highest BCUT2D eigenvalue weighted by atomic mass is 32.2. The van der Waals surface area contributed by atoms with Gasteiger partial charge in [0.2, 0.25) is 0 Å². The van der Waals surface area contributed by atoms with Gasteiger partial charge < -0.3 is 0 Å². The van der Waals surface area contributed by atoms with Gasteiger partial charge in [0.1, 0.15) is 0 Å². The molecule has 0 saturated heterocycles. The lowest BCUT2D eigenvalue weighted by atomic mass is 10.6. The van der Waals surface area contributed by atoms with Crippen LogP contribution in [0, 0.1) is 6.92 Å². The number of halogens is 2. The van der Waals surface area contributed by atoms with Crippen LogP contribution in [0.5, 0.6) is 0 Å². The van der Waals surface area contributed by atoms with E-state index in [2.05, 4.69) is 4.98 Å². The summed E-state index contributed by atoms with van der Waals surface area (Å²) >= 11 is 1.74. The summed E-state index contributed by atoms with van der Waals surface area (Å²) in [5.41, 5.74) is 0.799. The van der Waals surface area contributed by atoms with Gasteiger partial charge in [-0.25, -0.2) is 4.98 Å². The van der Waals surface area contributed by atoms with Gasteiger partial charge in [-0.15, -0.1) is 11.3 Å². The summed E-state index contributed by atoms with van der Waals surface area (Å²) in [7, 11) is 0. The lowest BCUT2D eigenvalue weighted by Gasteiger charge is -1.90. The van der Waals surface area contributed by atoms with E-state index in [-0.39, 0.29) is 0 Å². The fourth-order valence-corrected chi connectivity index (χ4v) is 1.92. The Kier molecular flexibility index (Phi) is 2.62. The van der Waals surface area contributed by atoms with E-state index < -0.39 is 5.76 Å². The topological polar surface area (TPSA) is 12.9 Å². The van der Waals surface area contributed by atoms with Gasteiger partial charge in [-0.3, -0.25) is 0 Å². The molecule has 1 rings (SSSR count). The van der Waals surface area contributed by atoms with E-state index in [1.165, 1.54) is 11.3 Å². The molecule has 1 heterocycles. The minimum Gasteiger partial charge on any atom is -0.235 e. The van der Waals surface area contributed by atoms with Crippen molar-refractivity contribution in [3.8, 4) is 0 Å². The molecule has 1 nitrogen and oxygen atoms in total. The van der Waals surface area contributed by atoms with Crippen molar-refractivity contribution in [1.82, 2.24) is 4.98 Å². The Hall–Kier alpha value is -0.160. The summed E-state index contributed by atoms with van der Waals surface area (Å²) in [5, 5.41) is 1.75. The SMILES string of the molecule is Cc1csc(SC(F)F)n1. The van der Waals surface area contributed by atoms with E-state index in [9.17, 15) is 8.78 Å². The van der Waals surface area contributed by atoms with Crippen LogP contribution in [-0.4, -0.2) is 10.7 Å². The van der Waals surface area contributed by atoms with Crippen LogP contribution in [0.4, 0.5) is 8.78 Å². The van der Waals surface area contributed by atoms with Gasteiger partial charge in [0.25, 0.3) is 5.76 Å². The number of hydrogen-bond acceptors (Lipinski definition) is 3. The van der Waals surface area contributed by atoms with Crippen molar-refractivity contribution in [3.05, 3.63) is 11.1 Å². The first-order valence-corrected chi connectivity index (χ1v) is 4.31. The number of hydrogen-bond donors (Lipinski definition) is 0. The van der Waals surface area contributed by atoms with E-state index in [0.29, 0.717) is 16.1 Å². The first-order valence-electron chi connectivity index (χ1n) is 2.55. The second-order valence-corrected chi connectivity index (χ2v) is 3.73. The summed E-state index contributed by atoms with van der Waals surface area (Å²) in [5.74, 6) is -2.36. The average Bonchev–Trinajstić information content (AvgIpc) is 2.13. The maximum Gasteiger partial charge on any atom is 0.291 e. The van der Waals surface area contributed by atoms with Crippen molar-refractivity contribution in [2.75, 3.05) is 0 Å². The summed E-state index contributed by atoms with van der Waals surface area (Å²) in [6.07, 6.45) is 0. The molecule has 0 bridgehead atoms. The number of rotatable bonds is 2. The minimum absolute atomic E-state index is 0.438. The van der Waals surface area contributed by atoms with E-state index in [1.807, 2.05) is 0 Å². The molecule has 0 aliphatic carbocycles. The third-order valence-corrected chi connectivity index (χ3v) is 2.59. The molecular weight excluding hydrogens is 176 g/mol. The normalized spacial score (nSPS) is 10.8. The molecule has 0 aliphatic rings. The molecular formula is C5H5F2NS2. The molecule has 0 aromatic carbocycles. The molecule has 0 N–H and O–H groups in total. The van der Waals surface area contributed by atoms with Gasteiger partial charge >= 0.3 is 0 Å². The van der Waals surface area contributed by atoms with E-state index in [1.54, 1.807) is 12.3 Å². The molecule has 1 aromatic rings. The Morgan fingerprint density at radius 2 is 2.40 bits per heavy atom. The van der Waals surface area contributed by atoms with Crippen molar-refractivity contribution < 1.29 is 8.78 Å². The highest BCUT2D eigenvalue weighted by molar-refractivity contribution is 8.01. The van der Waals surface area contributed by atoms with Gasteiger partial charge in [-0.1, -0.05) is 0 Å². The van der Waals surface area contributed by atoms with Crippen LogP contribution in [0.25, 0.3) is 0 Å². The van der Waals surface area contributed by atoms with Gasteiger partial charge in [-0.2, -0.15) is 8.78 Å². The van der Waals surface area contributed by atoms with Crippen molar-refractivity contribution in [2.24, 2.45) is 0 Å². The van der Waals surface area contributed by atoms with Crippen LogP contribution in [0.1, 0.15) is 5.69 Å². The minimum atomic E-state index is -2.36. The van der Waals surface area contributed by atoms with Crippen LogP contribution >= 0.6 is 23.1 Å². The Labute approximate surface area is 65.5 Å². The van der Waals surface area contributed by atoms with Crippen LogP contribution in [0.3, 0.4) is 0 Å². The molecule has 0 aliphatic heterocycles. The van der Waals surface area contributed by atoms with Crippen LogP contribution in [0.2, 0.25) is 0 Å². The van der Waals surface area contributed by atoms with Gasteiger partial charge in [0, 0.05) is 11.1 Å². The number of aryl methyl sites for hydroxylation is 1. The molecule has 10 heavy (non-hydrogen) atoms. The first kappa shape index (κ1) is 7.94. The molecule has 56 valence electrons. The van der Waals surface area contributed by atoms with E-state index in [4.69, 9.17) is 0 Å². The van der Waals surface area contributed by atoms with Crippen molar-refractivity contribution in [1.29, 1.82) is 0 Å². The predicted molar refractivity (Wildman–Crippen MR) is 38.7 cm³/mol. The predicted octanol–water partition coefficient (Wildman–Crippen LogP) is 2.77. The third kappa shape index (κ3) is 2.22. The zero-order chi connectivity index (χ0) is 7.56. The summed E-state index contributed by atoms with van der Waals surface area (Å²) < 4.78 is 23.8. The molecule has 0 amide bonds. The van der Waals surface area contributed by atoms with Crippen LogP contribution in [0.15, 0.2) is 9.72 Å². The standard InChI is InChI=1S/C5H5F2NS2/c1-3-2-9-5(8-3)10-4(6)7/h2,4H,1H3. The Balaban J connectivity index is 2.58. The monoisotopic (exact) mass is 181 g/mol. The smallest absolute Gasteiger partial charge is 0.235 e. The first-order chi connectivity index (χ1) is 4.68. The number of thioether (sulfide) groups is 1. The quantitative estimate of drug-likeness (QED) is 0.651. The molecule has 5 heteroatoms. The lowest BCUT2D eigenvalue weighted by Crippen LogP contribution is -1.79. The van der Waals surface area contributed by atoms with Gasteiger partial charge in [0.15, 0.2) is 4.34 Å². The molecule has 0 atom stereocenters. The summed E-state index contributed by atoms with van der Waals surface area (Å²) in [6, 6.07) is 0. The Bertz CT molecular complexity index is 211. The number of alkyl halides is 2. The highest BCUT2D eigenvalue weighted by Crippen LogP contribution is 2.27. The lowest BCUT2D eigenvalue weighted by molar-refractivity contribution is 0.252. The highest BCUT2D eigenvalue weighted by Gasteiger charge is 2.07. The Morgan fingerprint density at radius 1 is 1.70 bits per heavy atom. The maximum atomic E-state index is 11.7. The summed E-state index contributed by atoms with van der Waals surface area (Å²) in [4.78, 5) is 3.85. The molecule has 0 radical (unpaired) electrons. The van der Waals surface area contributed by atoms with Crippen molar-refractivity contribution >= 4 is 23.1 Å². The fraction of sp³-hybridized carbons (Fsp3) is 0.400. The molecule has 0 unspecified atom stereocenters. The third-order valence-electron chi connectivity index (χ3n) is 0.788. The largest absolute Gasteiger partial charge is 0.291 e. The van der Waals surface area contributed by atoms with E-state index in [0.717, 1.165) is 5.69 Å². The van der Waals surface area contributed by atoms with Crippen molar-refractivity contribution in [3.63, 3.8) is 0 Å². The molecule has 0 spiro atoms. The number of thiazole rings is 1. The molecule has 0 saturated carbocycles. The van der Waals surface area contributed by atoms with Crippen LogP contribution in [-0.2, 0) is 0 Å². The number of nitrogens with zero attached hydrogens (tertiary/aromatic N) is 1. The average molecular weight is 181 g/mol. The zero-order valence-corrected chi connectivity index (χ0v) is 6.81. The molecule has 1 aromatic heterocycles. The second-order valence-electron chi connectivity index (χ2n) is 1.63. The molecule has 0 fully saturated rings. The van der Waals surface area contributed by atoms with E-state index >= 15 is 0 Å². The van der Waals surface area contributed by atoms with Gasteiger partial charge in [-0.05, 0) is 18.7 Å². The van der Waals surface area contributed by atoms with Gasteiger partial charge in [0.05, 0.1) is 0 Å². The summed E-state index contributed by atoms with van der Waals surface area (Å²) in [6.45, 7) is 1.78. The fourth-order valence-electron chi connectivity index (χ4n) is 0.463. The Morgan fingerprint density at radius 3 is 2.80 bits per heavy atom. The zero-order valence-electron chi connectivity index (χ0n) is 5.17.